The van der Waals surface area contributed by atoms with Gasteiger partial charge in [0.2, 0.25) is 0 Å². The molecule has 0 spiro atoms. The van der Waals surface area contributed by atoms with Crippen molar-refractivity contribution in [3.8, 4) is 17.6 Å². The quantitative estimate of drug-likeness (QED) is 0.540. The number of methoxy groups -OCH3 is 1. The molecule has 0 saturated carbocycles. The Morgan fingerprint density at radius 1 is 0.880 bits per heavy atom. The molecule has 1 nitrogen and oxygen atoms in total. The molecule has 122 valence electrons. The number of benzene rings is 3. The fraction of sp³-hybridized carbons (Fsp3) is 0.167. The minimum Gasteiger partial charge on any atom is -0.495 e. The molecule has 1 heteroatoms. The van der Waals surface area contributed by atoms with Crippen LogP contribution in [0.5, 0.6) is 5.75 Å². The third-order valence-corrected chi connectivity index (χ3v) is 4.75. The van der Waals surface area contributed by atoms with Crippen LogP contribution in [0.2, 0.25) is 0 Å². The minimum atomic E-state index is 0.823. The van der Waals surface area contributed by atoms with Crippen LogP contribution in [0.3, 0.4) is 0 Å². The second kappa shape index (κ2) is 6.87. The number of hydrogen-bond acceptors (Lipinski definition) is 1. The fourth-order valence-electron chi connectivity index (χ4n) is 3.47. The first-order chi connectivity index (χ1) is 12.4. The molecule has 0 aromatic heterocycles. The van der Waals surface area contributed by atoms with Crippen LogP contribution in [0, 0.1) is 11.8 Å². The summed E-state index contributed by atoms with van der Waals surface area (Å²) in [5, 5.41) is 2.31. The summed E-state index contributed by atoms with van der Waals surface area (Å²) in [6, 6.07) is 20.8. The predicted molar refractivity (Wildman–Crippen MR) is 105 cm³/mol. The SMILES string of the molecule is COc1ccc2ccccc2c1C#Cc1ccccc1C1=CCCC1. The molecule has 3 aromatic carbocycles. The Bertz CT molecular complexity index is 1010. The van der Waals surface area contributed by atoms with Gasteiger partial charge in [-0.15, -0.1) is 0 Å². The average Bonchev–Trinajstić information content (AvgIpc) is 3.20. The van der Waals surface area contributed by atoms with Crippen molar-refractivity contribution >= 4 is 16.3 Å². The lowest BCUT2D eigenvalue weighted by Gasteiger charge is -2.08. The van der Waals surface area contributed by atoms with Crippen molar-refractivity contribution < 1.29 is 4.74 Å². The summed E-state index contributed by atoms with van der Waals surface area (Å²) in [6.07, 6.45) is 5.91. The molecule has 0 unspecified atom stereocenters. The lowest BCUT2D eigenvalue weighted by molar-refractivity contribution is 0.414. The van der Waals surface area contributed by atoms with Crippen LogP contribution >= 0.6 is 0 Å². The zero-order valence-electron chi connectivity index (χ0n) is 14.4. The summed E-state index contributed by atoms with van der Waals surface area (Å²) in [6.45, 7) is 0. The maximum atomic E-state index is 5.56. The summed E-state index contributed by atoms with van der Waals surface area (Å²) in [7, 11) is 1.70. The Morgan fingerprint density at radius 3 is 2.56 bits per heavy atom. The molecular formula is C24H20O. The highest BCUT2D eigenvalue weighted by molar-refractivity contribution is 5.90. The standard InChI is InChI=1S/C24H20O/c1-25-24-17-15-20-11-5-7-13-22(20)23(24)16-14-19-10-4-6-12-21(19)18-8-2-3-9-18/h4-8,10-13,15,17H,2-3,9H2,1H3. The number of hydrogen-bond donors (Lipinski definition) is 0. The van der Waals surface area contributed by atoms with Gasteiger partial charge in [-0.2, -0.15) is 0 Å². The molecule has 25 heavy (non-hydrogen) atoms. The van der Waals surface area contributed by atoms with Crippen LogP contribution in [-0.4, -0.2) is 7.11 Å². The highest BCUT2D eigenvalue weighted by atomic mass is 16.5. The van der Waals surface area contributed by atoms with Crippen molar-refractivity contribution in [1.29, 1.82) is 0 Å². The van der Waals surface area contributed by atoms with Crippen molar-refractivity contribution in [3.63, 3.8) is 0 Å². The fourth-order valence-corrected chi connectivity index (χ4v) is 3.47. The molecule has 0 amide bonds. The molecule has 0 atom stereocenters. The molecule has 1 aliphatic carbocycles. The van der Waals surface area contributed by atoms with Crippen LogP contribution in [0.25, 0.3) is 16.3 Å². The Balaban J connectivity index is 1.84. The first kappa shape index (κ1) is 15.5. The lowest BCUT2D eigenvalue weighted by Crippen LogP contribution is -1.91. The molecular weight excluding hydrogens is 304 g/mol. The summed E-state index contributed by atoms with van der Waals surface area (Å²) in [4.78, 5) is 0. The number of allylic oxidation sites excluding steroid dienone is 2. The summed E-state index contributed by atoms with van der Waals surface area (Å²) < 4.78 is 5.56. The van der Waals surface area contributed by atoms with Crippen LogP contribution in [0.1, 0.15) is 36.0 Å². The predicted octanol–water partition coefficient (Wildman–Crippen LogP) is 5.82. The topological polar surface area (TPSA) is 9.23 Å². The Labute approximate surface area is 149 Å². The number of ether oxygens (including phenoxy) is 1. The van der Waals surface area contributed by atoms with Crippen molar-refractivity contribution in [2.24, 2.45) is 0 Å². The van der Waals surface area contributed by atoms with Crippen LogP contribution in [0.15, 0.2) is 66.7 Å². The highest BCUT2D eigenvalue weighted by Crippen LogP contribution is 2.30. The maximum Gasteiger partial charge on any atom is 0.135 e. The van der Waals surface area contributed by atoms with Crippen molar-refractivity contribution in [2.75, 3.05) is 7.11 Å². The van der Waals surface area contributed by atoms with Gasteiger partial charge in [-0.25, -0.2) is 0 Å². The van der Waals surface area contributed by atoms with E-state index in [1.54, 1.807) is 7.11 Å². The van der Waals surface area contributed by atoms with E-state index >= 15 is 0 Å². The van der Waals surface area contributed by atoms with Gasteiger partial charge in [-0.05, 0) is 47.9 Å². The van der Waals surface area contributed by atoms with E-state index < -0.39 is 0 Å². The van der Waals surface area contributed by atoms with Crippen molar-refractivity contribution in [3.05, 3.63) is 83.4 Å². The second-order valence-corrected chi connectivity index (χ2v) is 6.28. The van der Waals surface area contributed by atoms with Crippen LogP contribution in [0.4, 0.5) is 0 Å². The molecule has 0 bridgehead atoms. The van der Waals surface area contributed by atoms with Crippen LogP contribution < -0.4 is 4.74 Å². The summed E-state index contributed by atoms with van der Waals surface area (Å²) in [5.74, 6) is 7.61. The van der Waals surface area contributed by atoms with E-state index in [-0.39, 0.29) is 0 Å². The molecule has 0 heterocycles. The zero-order valence-corrected chi connectivity index (χ0v) is 14.4. The van der Waals surface area contributed by atoms with E-state index in [1.807, 2.05) is 18.2 Å². The molecule has 0 radical (unpaired) electrons. The molecule has 1 aliphatic rings. The molecule has 0 saturated heterocycles. The van der Waals surface area contributed by atoms with Crippen molar-refractivity contribution in [1.82, 2.24) is 0 Å². The highest BCUT2D eigenvalue weighted by Gasteiger charge is 2.10. The minimum absolute atomic E-state index is 0.823. The van der Waals surface area contributed by atoms with Gasteiger partial charge in [0.1, 0.15) is 5.75 Å². The number of fused-ring (bicyclic) bond motifs is 1. The van der Waals surface area contributed by atoms with E-state index in [1.165, 1.54) is 29.4 Å². The second-order valence-electron chi connectivity index (χ2n) is 6.28. The van der Waals surface area contributed by atoms with Gasteiger partial charge in [0.15, 0.2) is 0 Å². The first-order valence-corrected chi connectivity index (χ1v) is 8.73. The summed E-state index contributed by atoms with van der Waals surface area (Å²) in [5.41, 5.74) is 4.74. The summed E-state index contributed by atoms with van der Waals surface area (Å²) >= 11 is 0. The molecule has 3 aromatic rings. The van der Waals surface area contributed by atoms with Crippen molar-refractivity contribution in [2.45, 2.75) is 19.3 Å². The molecule has 0 N–H and O–H groups in total. The third-order valence-electron chi connectivity index (χ3n) is 4.75. The monoisotopic (exact) mass is 324 g/mol. The smallest absolute Gasteiger partial charge is 0.135 e. The van der Waals surface area contributed by atoms with E-state index in [4.69, 9.17) is 4.74 Å². The van der Waals surface area contributed by atoms with Gasteiger partial charge < -0.3 is 4.74 Å². The largest absolute Gasteiger partial charge is 0.495 e. The van der Waals surface area contributed by atoms with E-state index in [2.05, 4.69) is 60.4 Å². The zero-order chi connectivity index (χ0) is 17.1. The Hall–Kier alpha value is -2.98. The van der Waals surface area contributed by atoms with Gasteiger partial charge in [-0.3, -0.25) is 0 Å². The number of rotatable bonds is 2. The maximum absolute atomic E-state index is 5.56. The van der Waals surface area contributed by atoms with E-state index in [9.17, 15) is 0 Å². The van der Waals surface area contributed by atoms with E-state index in [0.717, 1.165) is 28.7 Å². The van der Waals surface area contributed by atoms with E-state index in [0.29, 0.717) is 0 Å². The molecule has 4 rings (SSSR count). The lowest BCUT2D eigenvalue weighted by atomic mass is 9.98. The van der Waals surface area contributed by atoms with Gasteiger partial charge in [-0.1, -0.05) is 66.4 Å². The molecule has 0 fully saturated rings. The van der Waals surface area contributed by atoms with Gasteiger partial charge >= 0.3 is 0 Å². The first-order valence-electron chi connectivity index (χ1n) is 8.73. The normalized spacial score (nSPS) is 13.2. The Kier molecular flexibility index (Phi) is 4.27. The van der Waals surface area contributed by atoms with Gasteiger partial charge in [0.05, 0.1) is 12.7 Å². The van der Waals surface area contributed by atoms with Crippen LogP contribution in [-0.2, 0) is 0 Å². The molecule has 0 aliphatic heterocycles. The van der Waals surface area contributed by atoms with Gasteiger partial charge in [0, 0.05) is 10.9 Å². The Morgan fingerprint density at radius 2 is 1.72 bits per heavy atom. The third kappa shape index (κ3) is 3.04. The average molecular weight is 324 g/mol. The van der Waals surface area contributed by atoms with Gasteiger partial charge in [0.25, 0.3) is 0 Å².